The lowest BCUT2D eigenvalue weighted by Gasteiger charge is -2.34. The second-order valence-corrected chi connectivity index (χ2v) is 7.42. The van der Waals surface area contributed by atoms with Gasteiger partial charge in [0.05, 0.1) is 11.5 Å². The van der Waals surface area contributed by atoms with Crippen LogP contribution in [0, 0.1) is 5.82 Å². The van der Waals surface area contributed by atoms with Crippen molar-refractivity contribution in [2.75, 3.05) is 11.5 Å². The molecule has 4 heteroatoms. The van der Waals surface area contributed by atoms with Crippen molar-refractivity contribution in [3.05, 3.63) is 65.5 Å². The second kappa shape index (κ2) is 6.84. The first-order valence-corrected chi connectivity index (χ1v) is 9.47. The molecule has 1 saturated carbocycles. The van der Waals surface area contributed by atoms with Gasteiger partial charge in [0.25, 0.3) is 0 Å². The molecule has 4 rings (SSSR count). The van der Waals surface area contributed by atoms with Crippen LogP contribution in [-0.2, 0) is 10.2 Å². The van der Waals surface area contributed by atoms with E-state index in [2.05, 4.69) is 6.07 Å². The fourth-order valence-electron chi connectivity index (χ4n) is 4.77. The van der Waals surface area contributed by atoms with E-state index in [0.29, 0.717) is 6.42 Å². The highest BCUT2D eigenvalue weighted by Gasteiger charge is 2.52. The Kier molecular flexibility index (Phi) is 4.53. The van der Waals surface area contributed by atoms with E-state index in [-0.39, 0.29) is 24.4 Å². The summed E-state index contributed by atoms with van der Waals surface area (Å²) in [6, 6.07) is 14.0. The molecule has 2 aliphatic rings. The van der Waals surface area contributed by atoms with Crippen molar-refractivity contribution in [3.8, 4) is 0 Å². The highest BCUT2D eigenvalue weighted by molar-refractivity contribution is 6.08. The minimum atomic E-state index is -0.449. The van der Waals surface area contributed by atoms with Crippen LogP contribution in [-0.4, -0.2) is 17.6 Å². The summed E-state index contributed by atoms with van der Waals surface area (Å²) in [5.41, 5.74) is 2.30. The molecule has 0 radical (unpaired) electrons. The average molecular weight is 353 g/mol. The number of hydrogen-bond donors (Lipinski definition) is 1. The summed E-state index contributed by atoms with van der Waals surface area (Å²) in [6.07, 6.45) is 5.40. The van der Waals surface area contributed by atoms with Crippen molar-refractivity contribution < 1.29 is 14.3 Å². The van der Waals surface area contributed by atoms with Gasteiger partial charge < -0.3 is 10.0 Å². The molecule has 1 amide bonds. The molecule has 0 unspecified atom stereocenters. The number of halogens is 1. The van der Waals surface area contributed by atoms with Crippen molar-refractivity contribution in [1.29, 1.82) is 0 Å². The molecule has 2 aromatic rings. The van der Waals surface area contributed by atoms with Gasteiger partial charge in [0.1, 0.15) is 5.82 Å². The lowest BCUT2D eigenvalue weighted by molar-refractivity contribution is -0.124. The molecule has 0 saturated heterocycles. The van der Waals surface area contributed by atoms with Gasteiger partial charge in [0, 0.05) is 12.3 Å². The molecule has 1 heterocycles. The number of nitrogens with zero attached hydrogens (tertiary/aromatic N) is 1. The van der Waals surface area contributed by atoms with E-state index in [1.54, 1.807) is 6.07 Å². The Morgan fingerprint density at radius 1 is 1.08 bits per heavy atom. The number of para-hydroxylation sites is 1. The van der Waals surface area contributed by atoms with E-state index in [0.717, 1.165) is 42.5 Å². The monoisotopic (exact) mass is 353 g/mol. The maximum atomic E-state index is 13.8. The molecule has 136 valence electrons. The van der Waals surface area contributed by atoms with E-state index < -0.39 is 5.41 Å². The van der Waals surface area contributed by atoms with E-state index in [1.807, 2.05) is 29.2 Å². The molecule has 1 atom stereocenters. The van der Waals surface area contributed by atoms with Crippen molar-refractivity contribution in [1.82, 2.24) is 0 Å². The number of aliphatic hydroxyl groups is 1. The number of hydrogen-bond acceptors (Lipinski definition) is 2. The van der Waals surface area contributed by atoms with Gasteiger partial charge in [-0.3, -0.25) is 4.79 Å². The molecule has 1 spiro atoms. The number of fused-ring (bicyclic) bond motifs is 2. The maximum Gasteiger partial charge on any atom is 0.238 e. The third-order valence-electron chi connectivity index (χ3n) is 5.96. The number of carbonyl (C=O) groups is 1. The Morgan fingerprint density at radius 3 is 2.58 bits per heavy atom. The van der Waals surface area contributed by atoms with Crippen LogP contribution >= 0.6 is 0 Å². The first-order valence-electron chi connectivity index (χ1n) is 9.47. The van der Waals surface area contributed by atoms with Crippen LogP contribution in [0.2, 0.25) is 0 Å². The van der Waals surface area contributed by atoms with Gasteiger partial charge in [-0.2, -0.15) is 0 Å². The summed E-state index contributed by atoms with van der Waals surface area (Å²) in [6.45, 7) is -0.0554. The summed E-state index contributed by atoms with van der Waals surface area (Å²) >= 11 is 0. The molecular weight excluding hydrogens is 329 g/mol. The predicted octanol–water partition coefficient (Wildman–Crippen LogP) is 4.50. The van der Waals surface area contributed by atoms with Crippen LogP contribution in [0.3, 0.4) is 0 Å². The molecule has 1 aliphatic heterocycles. The van der Waals surface area contributed by atoms with Crippen LogP contribution in [0.5, 0.6) is 0 Å². The molecule has 0 bridgehead atoms. The third-order valence-corrected chi connectivity index (χ3v) is 5.96. The zero-order valence-electron chi connectivity index (χ0n) is 14.8. The van der Waals surface area contributed by atoms with Crippen LogP contribution < -0.4 is 4.90 Å². The third kappa shape index (κ3) is 2.64. The topological polar surface area (TPSA) is 40.5 Å². The van der Waals surface area contributed by atoms with Crippen molar-refractivity contribution in [3.63, 3.8) is 0 Å². The van der Waals surface area contributed by atoms with Crippen LogP contribution in [0.25, 0.3) is 0 Å². The van der Waals surface area contributed by atoms with Gasteiger partial charge in [-0.1, -0.05) is 49.6 Å². The summed E-state index contributed by atoms with van der Waals surface area (Å²) in [5, 5.41) is 9.63. The quantitative estimate of drug-likeness (QED) is 0.879. The SMILES string of the molecule is O=C1N([C@H](CCO)c2cccc(F)c2)c2ccccc2C12CCCCC2. The number of carbonyl (C=O) groups excluding carboxylic acids is 1. The minimum Gasteiger partial charge on any atom is -0.396 e. The fourth-order valence-corrected chi connectivity index (χ4v) is 4.77. The summed E-state index contributed by atoms with van der Waals surface area (Å²) in [7, 11) is 0. The molecule has 2 aromatic carbocycles. The second-order valence-electron chi connectivity index (χ2n) is 7.42. The highest BCUT2D eigenvalue weighted by Crippen LogP contribution is 2.52. The van der Waals surface area contributed by atoms with Gasteiger partial charge >= 0.3 is 0 Å². The zero-order chi connectivity index (χ0) is 18.1. The summed E-state index contributed by atoms with van der Waals surface area (Å²) < 4.78 is 13.8. The molecule has 3 nitrogen and oxygen atoms in total. The normalized spacial score (nSPS) is 19.6. The van der Waals surface area contributed by atoms with Crippen molar-refractivity contribution in [2.45, 2.75) is 50.0 Å². The number of rotatable bonds is 4. The first kappa shape index (κ1) is 17.2. The van der Waals surface area contributed by atoms with Gasteiger partial charge in [0.15, 0.2) is 0 Å². The maximum absolute atomic E-state index is 13.8. The Hall–Kier alpha value is -2.20. The summed E-state index contributed by atoms with van der Waals surface area (Å²) in [5.74, 6) is -0.209. The Morgan fingerprint density at radius 2 is 1.85 bits per heavy atom. The van der Waals surface area contributed by atoms with Crippen molar-refractivity contribution in [2.24, 2.45) is 0 Å². The van der Waals surface area contributed by atoms with E-state index in [9.17, 15) is 14.3 Å². The van der Waals surface area contributed by atoms with Crippen LogP contribution in [0.1, 0.15) is 55.7 Å². The Bertz CT molecular complexity index is 813. The van der Waals surface area contributed by atoms with Gasteiger partial charge in [-0.15, -0.1) is 0 Å². The molecule has 1 aliphatic carbocycles. The van der Waals surface area contributed by atoms with Gasteiger partial charge in [-0.25, -0.2) is 4.39 Å². The predicted molar refractivity (Wildman–Crippen MR) is 99.5 cm³/mol. The molecular formula is C22H24FNO2. The number of aliphatic hydroxyl groups excluding tert-OH is 1. The average Bonchev–Trinajstić information content (AvgIpc) is 2.89. The standard InChI is InChI=1S/C22H24FNO2/c23-17-8-6-7-16(15-17)19(11-14-25)24-20-10-3-2-9-18(20)22(21(24)26)12-4-1-5-13-22/h2-3,6-10,15,19,25H,1,4-5,11-14H2/t19-/m1/s1. The lowest BCUT2D eigenvalue weighted by Crippen LogP contribution is -2.43. The van der Waals surface area contributed by atoms with Gasteiger partial charge in [0.2, 0.25) is 5.91 Å². The number of benzene rings is 2. The van der Waals surface area contributed by atoms with Crippen molar-refractivity contribution >= 4 is 11.6 Å². The van der Waals surface area contributed by atoms with E-state index in [1.165, 1.54) is 18.6 Å². The van der Waals surface area contributed by atoms with Crippen LogP contribution in [0.15, 0.2) is 48.5 Å². The molecule has 1 fully saturated rings. The smallest absolute Gasteiger partial charge is 0.238 e. The Labute approximate surface area is 153 Å². The van der Waals surface area contributed by atoms with Crippen LogP contribution in [0.4, 0.5) is 10.1 Å². The number of amides is 1. The summed E-state index contributed by atoms with van der Waals surface area (Å²) in [4.78, 5) is 15.5. The fraction of sp³-hybridized carbons (Fsp3) is 0.409. The van der Waals surface area contributed by atoms with E-state index in [4.69, 9.17) is 0 Å². The zero-order valence-corrected chi connectivity index (χ0v) is 14.8. The molecule has 26 heavy (non-hydrogen) atoms. The Balaban J connectivity index is 1.83. The van der Waals surface area contributed by atoms with Gasteiger partial charge in [-0.05, 0) is 48.6 Å². The number of anilines is 1. The molecule has 1 N–H and O–H groups in total. The van der Waals surface area contributed by atoms with E-state index >= 15 is 0 Å². The first-order chi connectivity index (χ1) is 12.7. The minimum absolute atomic E-state index is 0.0554. The molecule has 0 aromatic heterocycles. The largest absolute Gasteiger partial charge is 0.396 e. The highest BCUT2D eigenvalue weighted by atomic mass is 19.1. The lowest BCUT2D eigenvalue weighted by atomic mass is 9.70.